The zero-order valence-corrected chi connectivity index (χ0v) is 18.1. The van der Waals surface area contributed by atoms with E-state index in [2.05, 4.69) is 26.1 Å². The number of nitriles is 1. The van der Waals surface area contributed by atoms with Crippen molar-refractivity contribution in [1.82, 2.24) is 15.8 Å². The van der Waals surface area contributed by atoms with E-state index in [9.17, 15) is 4.79 Å². The van der Waals surface area contributed by atoms with Crippen LogP contribution < -0.4 is 16.1 Å². The van der Waals surface area contributed by atoms with Crippen molar-refractivity contribution < 1.29 is 9.63 Å². The maximum absolute atomic E-state index is 11.8. The number of carbonyl (C=O) groups excluding carboxylic acids is 1. The smallest absolute Gasteiger partial charge is 0.243 e. The minimum Gasteiger partial charge on any atom is -0.325 e. The number of rotatable bonds is 12. The number of aromatic nitrogens is 1. The Labute approximate surface area is 187 Å². The minimum atomic E-state index is -0.118. The second-order valence-corrected chi connectivity index (χ2v) is 7.22. The first-order valence-electron chi connectivity index (χ1n) is 10.2. The second kappa shape index (κ2) is 14.8. The lowest BCUT2D eigenvalue weighted by Gasteiger charge is -2.07. The molecule has 0 atom stereocenters. The fraction of sp³-hybridized carbons (Fsp3) is 0.364. The molecule has 2 aromatic rings. The summed E-state index contributed by atoms with van der Waals surface area (Å²) in [5, 5.41) is 15.1. The molecule has 0 aliphatic rings. The largest absolute Gasteiger partial charge is 0.325 e. The molecule has 0 aliphatic heterocycles. The highest BCUT2D eigenvalue weighted by atomic mass is 35.5. The van der Waals surface area contributed by atoms with Crippen molar-refractivity contribution in [2.75, 3.05) is 11.9 Å². The molecule has 0 saturated heterocycles. The monoisotopic (exact) mass is 442 g/mol. The molecular weight excluding hydrogens is 416 g/mol. The standard InChI is InChI=1S/C22H27ClN6O2/c23-19-9-7-18(8-10-19)16-31-29-21(30)6-4-2-1-3-5-13-26-22(27-17-24)28-20-11-14-25-15-12-20/h7-12,14-15H,1-6,13,16H2,(H,29,30)(H2,25,26,27,28). The van der Waals surface area contributed by atoms with Crippen molar-refractivity contribution in [2.24, 2.45) is 4.99 Å². The third kappa shape index (κ3) is 11.0. The molecule has 0 spiro atoms. The van der Waals surface area contributed by atoms with Gasteiger partial charge in [0.2, 0.25) is 11.9 Å². The fourth-order valence-electron chi connectivity index (χ4n) is 2.69. The van der Waals surface area contributed by atoms with Gasteiger partial charge in [0, 0.05) is 36.1 Å². The quantitative estimate of drug-likeness (QED) is 0.114. The van der Waals surface area contributed by atoms with Crippen molar-refractivity contribution in [2.45, 2.75) is 45.1 Å². The van der Waals surface area contributed by atoms with Crippen LogP contribution in [0.5, 0.6) is 0 Å². The first-order chi connectivity index (χ1) is 15.2. The lowest BCUT2D eigenvalue weighted by Crippen LogP contribution is -2.27. The van der Waals surface area contributed by atoms with Gasteiger partial charge in [-0.25, -0.2) is 5.48 Å². The molecule has 9 heteroatoms. The van der Waals surface area contributed by atoms with Gasteiger partial charge in [0.25, 0.3) is 0 Å². The van der Waals surface area contributed by atoms with Crippen molar-refractivity contribution in [3.63, 3.8) is 0 Å². The molecule has 0 bridgehead atoms. The van der Waals surface area contributed by atoms with E-state index in [4.69, 9.17) is 21.7 Å². The molecule has 2 rings (SSSR count). The molecule has 1 aromatic carbocycles. The first kappa shape index (κ1) is 24.1. The van der Waals surface area contributed by atoms with Crippen LogP contribution in [-0.4, -0.2) is 23.4 Å². The Morgan fingerprint density at radius 2 is 1.77 bits per heavy atom. The molecule has 3 N–H and O–H groups in total. The number of hydrogen-bond acceptors (Lipinski definition) is 5. The first-order valence-corrected chi connectivity index (χ1v) is 10.6. The minimum absolute atomic E-state index is 0.118. The van der Waals surface area contributed by atoms with Crippen LogP contribution in [0.4, 0.5) is 5.69 Å². The highest BCUT2D eigenvalue weighted by Gasteiger charge is 2.02. The summed E-state index contributed by atoms with van der Waals surface area (Å²) in [6.07, 6.45) is 10.4. The number of anilines is 1. The third-order valence-electron chi connectivity index (χ3n) is 4.29. The van der Waals surface area contributed by atoms with E-state index in [0.29, 0.717) is 30.6 Å². The van der Waals surface area contributed by atoms with Crippen LogP contribution in [-0.2, 0) is 16.2 Å². The Hall–Kier alpha value is -3.15. The average molecular weight is 443 g/mol. The maximum atomic E-state index is 11.8. The summed E-state index contributed by atoms with van der Waals surface area (Å²) in [5.74, 6) is 0.303. The van der Waals surface area contributed by atoms with Crippen LogP contribution >= 0.6 is 11.6 Å². The summed E-state index contributed by atoms with van der Waals surface area (Å²) in [6, 6.07) is 10.9. The van der Waals surface area contributed by atoms with Crippen molar-refractivity contribution in [3.05, 3.63) is 59.4 Å². The van der Waals surface area contributed by atoms with Crippen LogP contribution in [0.1, 0.15) is 44.1 Å². The lowest BCUT2D eigenvalue weighted by molar-refractivity contribution is -0.134. The van der Waals surface area contributed by atoms with Gasteiger partial charge in [-0.05, 0) is 42.7 Å². The Balaban J connectivity index is 1.50. The van der Waals surface area contributed by atoms with Gasteiger partial charge in [0.05, 0.1) is 6.61 Å². The molecule has 31 heavy (non-hydrogen) atoms. The number of aliphatic imine (C=N–C) groups is 1. The highest BCUT2D eigenvalue weighted by molar-refractivity contribution is 6.30. The fourth-order valence-corrected chi connectivity index (χ4v) is 2.81. The number of hydroxylamine groups is 1. The molecule has 1 aromatic heterocycles. The predicted octanol–water partition coefficient (Wildman–Crippen LogP) is 4.16. The third-order valence-corrected chi connectivity index (χ3v) is 4.54. The number of pyridine rings is 1. The number of hydrogen-bond donors (Lipinski definition) is 3. The molecule has 0 fully saturated rings. The number of benzene rings is 1. The summed E-state index contributed by atoms with van der Waals surface area (Å²) in [6.45, 7) is 0.920. The number of carbonyl (C=O) groups is 1. The van der Waals surface area contributed by atoms with E-state index < -0.39 is 0 Å². The summed E-state index contributed by atoms with van der Waals surface area (Å²) >= 11 is 5.83. The second-order valence-electron chi connectivity index (χ2n) is 6.79. The van der Waals surface area contributed by atoms with E-state index in [1.807, 2.05) is 18.3 Å². The van der Waals surface area contributed by atoms with Gasteiger partial charge in [-0.15, -0.1) is 0 Å². The van der Waals surface area contributed by atoms with E-state index in [1.54, 1.807) is 36.7 Å². The van der Waals surface area contributed by atoms with Crippen LogP contribution in [0.3, 0.4) is 0 Å². The van der Waals surface area contributed by atoms with Gasteiger partial charge in [-0.2, -0.15) is 5.26 Å². The number of amides is 1. The normalized spacial score (nSPS) is 10.9. The van der Waals surface area contributed by atoms with Crippen LogP contribution in [0.15, 0.2) is 53.8 Å². The molecule has 164 valence electrons. The number of unbranched alkanes of at least 4 members (excludes halogenated alkanes) is 4. The van der Waals surface area contributed by atoms with Gasteiger partial charge in [-0.1, -0.05) is 43.0 Å². The Bertz CT molecular complexity index is 853. The topological polar surface area (TPSA) is 111 Å². The molecule has 0 unspecified atom stereocenters. The van der Waals surface area contributed by atoms with Crippen LogP contribution in [0, 0.1) is 11.5 Å². The molecule has 1 heterocycles. The van der Waals surface area contributed by atoms with Gasteiger partial charge < -0.3 is 5.32 Å². The van der Waals surface area contributed by atoms with E-state index in [-0.39, 0.29) is 5.91 Å². The predicted molar refractivity (Wildman–Crippen MR) is 121 cm³/mol. The van der Waals surface area contributed by atoms with E-state index in [1.165, 1.54) is 0 Å². The summed E-state index contributed by atoms with van der Waals surface area (Å²) in [7, 11) is 0. The molecule has 0 radical (unpaired) electrons. The zero-order valence-electron chi connectivity index (χ0n) is 17.3. The van der Waals surface area contributed by atoms with Crippen LogP contribution in [0.2, 0.25) is 5.02 Å². The van der Waals surface area contributed by atoms with E-state index in [0.717, 1.165) is 43.4 Å². The number of halogens is 1. The van der Waals surface area contributed by atoms with Crippen LogP contribution in [0.25, 0.3) is 0 Å². The molecule has 8 nitrogen and oxygen atoms in total. The van der Waals surface area contributed by atoms with Gasteiger partial charge in [0.15, 0.2) is 6.19 Å². The van der Waals surface area contributed by atoms with Crippen molar-refractivity contribution in [3.8, 4) is 6.19 Å². The number of nitrogens with zero attached hydrogens (tertiary/aromatic N) is 3. The van der Waals surface area contributed by atoms with Crippen molar-refractivity contribution in [1.29, 1.82) is 5.26 Å². The zero-order chi connectivity index (χ0) is 22.2. The van der Waals surface area contributed by atoms with Gasteiger partial charge >= 0.3 is 0 Å². The summed E-state index contributed by atoms with van der Waals surface area (Å²) in [4.78, 5) is 25.3. The SMILES string of the molecule is N#CNC(=NCCCCCCCC(=O)NOCc1ccc(Cl)cc1)Nc1ccncc1. The van der Waals surface area contributed by atoms with Gasteiger partial charge in [-0.3, -0.25) is 24.9 Å². The Morgan fingerprint density at radius 3 is 2.52 bits per heavy atom. The Morgan fingerprint density at radius 1 is 1.06 bits per heavy atom. The van der Waals surface area contributed by atoms with Crippen molar-refractivity contribution >= 4 is 29.2 Å². The average Bonchev–Trinajstić information content (AvgIpc) is 2.77. The molecular formula is C22H27ClN6O2. The Kier molecular flexibility index (Phi) is 11.5. The molecule has 0 saturated carbocycles. The highest BCUT2D eigenvalue weighted by Crippen LogP contribution is 2.10. The number of nitrogens with one attached hydrogen (secondary N) is 3. The summed E-state index contributed by atoms with van der Waals surface area (Å²) in [5.41, 5.74) is 4.22. The molecule has 1 amide bonds. The molecule has 0 aliphatic carbocycles. The summed E-state index contributed by atoms with van der Waals surface area (Å²) < 4.78 is 0. The van der Waals surface area contributed by atoms with Gasteiger partial charge in [0.1, 0.15) is 0 Å². The number of guanidine groups is 1. The lowest BCUT2D eigenvalue weighted by atomic mass is 10.1. The maximum Gasteiger partial charge on any atom is 0.243 e. The van der Waals surface area contributed by atoms with E-state index >= 15 is 0 Å².